The molecular formula is C20H28N2O2. The molecule has 4 rings (SSSR count). The van der Waals surface area contributed by atoms with Crippen LogP contribution >= 0.6 is 0 Å². The monoisotopic (exact) mass is 328 g/mol. The van der Waals surface area contributed by atoms with Crippen LogP contribution in [0.4, 0.5) is 0 Å². The Balaban J connectivity index is 1.31. The van der Waals surface area contributed by atoms with Crippen LogP contribution in [0.15, 0.2) is 30.3 Å². The number of amides is 1. The summed E-state index contributed by atoms with van der Waals surface area (Å²) in [6.07, 6.45) is 5.06. The molecule has 0 spiro atoms. The summed E-state index contributed by atoms with van der Waals surface area (Å²) < 4.78 is 5.55. The van der Waals surface area contributed by atoms with Gasteiger partial charge in [-0.3, -0.25) is 9.69 Å². The van der Waals surface area contributed by atoms with Crippen LogP contribution in [0.3, 0.4) is 0 Å². The molecule has 1 aromatic carbocycles. The van der Waals surface area contributed by atoms with E-state index < -0.39 is 0 Å². The summed E-state index contributed by atoms with van der Waals surface area (Å²) in [4.78, 5) is 17.3. The van der Waals surface area contributed by atoms with Crippen molar-refractivity contribution in [1.29, 1.82) is 0 Å². The van der Waals surface area contributed by atoms with E-state index in [1.54, 1.807) is 0 Å². The van der Waals surface area contributed by atoms with Gasteiger partial charge < -0.3 is 9.64 Å². The summed E-state index contributed by atoms with van der Waals surface area (Å²) in [5.74, 6) is 1.54. The fraction of sp³-hybridized carbons (Fsp3) is 0.650. The third-order valence-electron chi connectivity index (χ3n) is 5.67. The van der Waals surface area contributed by atoms with Gasteiger partial charge in [0.15, 0.2) is 0 Å². The van der Waals surface area contributed by atoms with Gasteiger partial charge in [0.25, 0.3) is 5.91 Å². The van der Waals surface area contributed by atoms with Crippen molar-refractivity contribution in [2.75, 3.05) is 39.4 Å². The first-order valence-electron chi connectivity index (χ1n) is 9.45. The molecular weight excluding hydrogens is 300 g/mol. The van der Waals surface area contributed by atoms with Crippen molar-refractivity contribution in [1.82, 2.24) is 9.80 Å². The van der Waals surface area contributed by atoms with E-state index in [1.165, 1.54) is 25.8 Å². The lowest BCUT2D eigenvalue weighted by Gasteiger charge is -2.27. The lowest BCUT2D eigenvalue weighted by Crippen LogP contribution is -2.37. The van der Waals surface area contributed by atoms with Crippen molar-refractivity contribution < 1.29 is 9.53 Å². The summed E-state index contributed by atoms with van der Waals surface area (Å²) in [6, 6.07) is 10.5. The summed E-state index contributed by atoms with van der Waals surface area (Å²) in [7, 11) is 0. The number of ether oxygens (including phenoxy) is 1. The van der Waals surface area contributed by atoms with Crippen LogP contribution in [-0.2, 0) is 4.74 Å². The minimum atomic E-state index is 0.195. The molecule has 3 aliphatic rings. The predicted octanol–water partition coefficient (Wildman–Crippen LogP) is 2.65. The maximum absolute atomic E-state index is 12.6. The molecule has 4 nitrogen and oxygen atoms in total. The van der Waals surface area contributed by atoms with Crippen LogP contribution in [0.2, 0.25) is 0 Å². The van der Waals surface area contributed by atoms with Gasteiger partial charge >= 0.3 is 0 Å². The van der Waals surface area contributed by atoms with Gasteiger partial charge in [0.1, 0.15) is 0 Å². The highest BCUT2D eigenvalue weighted by Gasteiger charge is 2.35. The van der Waals surface area contributed by atoms with Crippen molar-refractivity contribution in [3.05, 3.63) is 35.9 Å². The zero-order valence-electron chi connectivity index (χ0n) is 14.4. The molecule has 2 saturated heterocycles. The Hall–Kier alpha value is -1.39. The van der Waals surface area contributed by atoms with E-state index in [0.29, 0.717) is 11.8 Å². The fourth-order valence-corrected chi connectivity index (χ4v) is 4.13. The van der Waals surface area contributed by atoms with E-state index in [2.05, 4.69) is 4.90 Å². The topological polar surface area (TPSA) is 32.8 Å². The molecule has 3 fully saturated rings. The highest BCUT2D eigenvalue weighted by Crippen LogP contribution is 2.31. The molecule has 2 atom stereocenters. The number of carbonyl (C=O) groups excluding carboxylic acids is 1. The number of carbonyl (C=O) groups is 1. The summed E-state index contributed by atoms with van der Waals surface area (Å²) in [5.41, 5.74) is 0.820. The molecule has 1 amide bonds. The molecule has 0 unspecified atom stereocenters. The van der Waals surface area contributed by atoms with Crippen LogP contribution in [0, 0.1) is 11.8 Å². The average molecular weight is 328 g/mol. The molecule has 1 saturated carbocycles. The van der Waals surface area contributed by atoms with Gasteiger partial charge in [-0.25, -0.2) is 0 Å². The third kappa shape index (κ3) is 3.81. The molecule has 0 bridgehead atoms. The number of hydrogen-bond donors (Lipinski definition) is 0. The molecule has 0 N–H and O–H groups in total. The Labute approximate surface area is 144 Å². The van der Waals surface area contributed by atoms with Gasteiger partial charge in [0, 0.05) is 44.4 Å². The van der Waals surface area contributed by atoms with E-state index in [-0.39, 0.29) is 5.91 Å². The van der Waals surface area contributed by atoms with Crippen LogP contribution < -0.4 is 0 Å². The van der Waals surface area contributed by atoms with Crippen LogP contribution in [0.25, 0.3) is 0 Å². The summed E-state index contributed by atoms with van der Waals surface area (Å²) in [6.45, 7) is 6.04. The first-order chi connectivity index (χ1) is 11.8. The number of likely N-dealkylation sites (tertiary alicyclic amines) is 1. The second kappa shape index (κ2) is 7.24. The first kappa shape index (κ1) is 16.1. The van der Waals surface area contributed by atoms with Crippen molar-refractivity contribution in [2.45, 2.75) is 31.7 Å². The fourth-order valence-electron chi connectivity index (χ4n) is 4.13. The quantitative estimate of drug-likeness (QED) is 0.805. The van der Waals surface area contributed by atoms with E-state index >= 15 is 0 Å². The van der Waals surface area contributed by atoms with Gasteiger partial charge in [0.2, 0.25) is 0 Å². The highest BCUT2D eigenvalue weighted by atomic mass is 16.5. The molecule has 130 valence electrons. The van der Waals surface area contributed by atoms with Crippen molar-refractivity contribution in [3.63, 3.8) is 0 Å². The molecule has 1 aromatic rings. The Kier molecular flexibility index (Phi) is 4.86. The lowest BCUT2D eigenvalue weighted by molar-refractivity contribution is 0.0781. The second-order valence-corrected chi connectivity index (χ2v) is 7.69. The maximum atomic E-state index is 12.6. The molecule has 24 heavy (non-hydrogen) atoms. The second-order valence-electron chi connectivity index (χ2n) is 7.69. The smallest absolute Gasteiger partial charge is 0.253 e. The predicted molar refractivity (Wildman–Crippen MR) is 94.0 cm³/mol. The van der Waals surface area contributed by atoms with Crippen molar-refractivity contribution in [3.8, 4) is 0 Å². The first-order valence-corrected chi connectivity index (χ1v) is 9.45. The lowest BCUT2D eigenvalue weighted by atomic mass is 10.1. The van der Waals surface area contributed by atoms with E-state index in [0.717, 1.165) is 50.9 Å². The molecule has 2 aliphatic heterocycles. The number of nitrogens with zero attached hydrogens (tertiary/aromatic N) is 2. The zero-order valence-corrected chi connectivity index (χ0v) is 14.4. The zero-order chi connectivity index (χ0) is 16.4. The van der Waals surface area contributed by atoms with E-state index in [9.17, 15) is 4.79 Å². The van der Waals surface area contributed by atoms with Gasteiger partial charge in [0.05, 0.1) is 6.61 Å². The molecule has 0 radical (unpaired) electrons. The van der Waals surface area contributed by atoms with E-state index in [1.807, 2.05) is 35.2 Å². The molecule has 2 heterocycles. The molecule has 4 heteroatoms. The number of rotatable bonds is 6. The maximum Gasteiger partial charge on any atom is 0.253 e. The average Bonchev–Trinajstić information content (AvgIpc) is 3.14. The number of benzene rings is 1. The SMILES string of the molecule is O=C(c1ccccc1)N1CC[C@@H](CN(C[C@H]2CCOC2)C2CC2)C1. The Morgan fingerprint density at radius 2 is 1.88 bits per heavy atom. The van der Waals surface area contributed by atoms with Gasteiger partial charge in [-0.15, -0.1) is 0 Å². The number of hydrogen-bond acceptors (Lipinski definition) is 3. The van der Waals surface area contributed by atoms with Crippen LogP contribution in [0.1, 0.15) is 36.0 Å². The van der Waals surface area contributed by atoms with Crippen LogP contribution in [-0.4, -0.2) is 61.1 Å². The van der Waals surface area contributed by atoms with Crippen LogP contribution in [0.5, 0.6) is 0 Å². The van der Waals surface area contributed by atoms with E-state index in [4.69, 9.17) is 4.74 Å². The Morgan fingerprint density at radius 1 is 1.08 bits per heavy atom. The Bertz CT molecular complexity index is 552. The third-order valence-corrected chi connectivity index (χ3v) is 5.67. The normalized spacial score (nSPS) is 27.1. The van der Waals surface area contributed by atoms with Gasteiger partial charge in [-0.1, -0.05) is 18.2 Å². The summed E-state index contributed by atoms with van der Waals surface area (Å²) in [5, 5.41) is 0. The standard InChI is InChI=1S/C20H28N2O2/c23-20(18-4-2-1-3-5-18)21-10-8-16(12-21)13-22(19-6-7-19)14-17-9-11-24-15-17/h1-5,16-17,19H,6-15H2/t16-,17-/m1/s1. The summed E-state index contributed by atoms with van der Waals surface area (Å²) >= 11 is 0. The van der Waals surface area contributed by atoms with Gasteiger partial charge in [-0.2, -0.15) is 0 Å². The minimum Gasteiger partial charge on any atom is -0.381 e. The van der Waals surface area contributed by atoms with Crippen molar-refractivity contribution >= 4 is 5.91 Å². The molecule has 0 aromatic heterocycles. The minimum absolute atomic E-state index is 0.195. The largest absolute Gasteiger partial charge is 0.381 e. The Morgan fingerprint density at radius 3 is 2.58 bits per heavy atom. The van der Waals surface area contributed by atoms with Crippen molar-refractivity contribution in [2.24, 2.45) is 11.8 Å². The highest BCUT2D eigenvalue weighted by molar-refractivity contribution is 5.94. The van der Waals surface area contributed by atoms with Gasteiger partial charge in [-0.05, 0) is 49.7 Å². The molecule has 1 aliphatic carbocycles.